The van der Waals surface area contributed by atoms with Gasteiger partial charge >= 0.3 is 0 Å². The monoisotopic (exact) mass is 333 g/mol. The highest BCUT2D eigenvalue weighted by molar-refractivity contribution is 7.92. The first-order valence-electron chi connectivity index (χ1n) is 7.14. The molecule has 0 bridgehead atoms. The molecule has 23 heavy (non-hydrogen) atoms. The smallest absolute Gasteiger partial charge is 0.238 e. The molecule has 0 heterocycles. The third kappa shape index (κ3) is 5.10. The van der Waals surface area contributed by atoms with Crippen LogP contribution in [0.1, 0.15) is 12.5 Å². The molecule has 5 nitrogen and oxygen atoms in total. The predicted octanol–water partition coefficient (Wildman–Crippen LogP) is 2.53. The van der Waals surface area contributed by atoms with Gasteiger partial charge in [-0.25, -0.2) is 8.42 Å². The van der Waals surface area contributed by atoms with Gasteiger partial charge in [0.15, 0.2) is 9.84 Å². The van der Waals surface area contributed by atoms with Crippen molar-refractivity contribution >= 4 is 15.7 Å². The third-order valence-electron chi connectivity index (χ3n) is 3.38. The standard InChI is InChI=1S/C17H19NO4S/c1-13(23(2,20)21)17(19)18-12-14-8-10-16(11-9-14)22-15-6-4-3-5-7-15/h3-11,13H,12H2,1-2H3,(H,18,19)/t13-/m0/s1. The molecule has 0 saturated carbocycles. The number of para-hydroxylation sites is 1. The Labute approximate surface area is 136 Å². The number of hydrogen-bond donors (Lipinski definition) is 1. The molecule has 0 radical (unpaired) electrons. The Balaban J connectivity index is 1.92. The molecule has 122 valence electrons. The molecule has 0 saturated heterocycles. The Morgan fingerprint density at radius 2 is 1.61 bits per heavy atom. The quantitative estimate of drug-likeness (QED) is 0.882. The summed E-state index contributed by atoms with van der Waals surface area (Å²) in [6.07, 6.45) is 1.05. The van der Waals surface area contributed by atoms with Crippen LogP contribution in [0.25, 0.3) is 0 Å². The molecular formula is C17H19NO4S. The van der Waals surface area contributed by atoms with Crippen LogP contribution >= 0.6 is 0 Å². The average molecular weight is 333 g/mol. The minimum absolute atomic E-state index is 0.268. The summed E-state index contributed by atoms with van der Waals surface area (Å²) < 4.78 is 28.3. The van der Waals surface area contributed by atoms with Crippen LogP contribution in [-0.2, 0) is 21.2 Å². The van der Waals surface area contributed by atoms with E-state index in [-0.39, 0.29) is 6.54 Å². The van der Waals surface area contributed by atoms with Gasteiger partial charge in [0.1, 0.15) is 16.7 Å². The maximum Gasteiger partial charge on any atom is 0.238 e. The van der Waals surface area contributed by atoms with Crippen molar-refractivity contribution in [3.05, 3.63) is 60.2 Å². The van der Waals surface area contributed by atoms with E-state index in [9.17, 15) is 13.2 Å². The summed E-state index contributed by atoms with van der Waals surface area (Å²) in [5, 5.41) is 1.56. The molecule has 2 aromatic carbocycles. The van der Waals surface area contributed by atoms with Crippen molar-refractivity contribution in [3.8, 4) is 11.5 Å². The lowest BCUT2D eigenvalue weighted by Gasteiger charge is -2.11. The molecule has 0 spiro atoms. The molecule has 2 aromatic rings. The van der Waals surface area contributed by atoms with E-state index in [1.807, 2.05) is 42.5 Å². The first-order valence-corrected chi connectivity index (χ1v) is 9.10. The zero-order chi connectivity index (χ0) is 16.9. The zero-order valence-corrected chi connectivity index (χ0v) is 13.8. The molecule has 0 aliphatic carbocycles. The number of sulfone groups is 1. The van der Waals surface area contributed by atoms with Gasteiger partial charge in [-0.15, -0.1) is 0 Å². The number of carbonyl (C=O) groups excluding carboxylic acids is 1. The molecule has 0 aliphatic rings. The van der Waals surface area contributed by atoms with Crippen molar-refractivity contribution in [2.45, 2.75) is 18.7 Å². The van der Waals surface area contributed by atoms with E-state index >= 15 is 0 Å². The fourth-order valence-electron chi connectivity index (χ4n) is 1.83. The highest BCUT2D eigenvalue weighted by atomic mass is 32.2. The largest absolute Gasteiger partial charge is 0.457 e. The molecular weight excluding hydrogens is 314 g/mol. The Hall–Kier alpha value is -2.34. The highest BCUT2D eigenvalue weighted by Crippen LogP contribution is 2.21. The summed E-state index contributed by atoms with van der Waals surface area (Å²) in [5.41, 5.74) is 0.861. The molecule has 1 N–H and O–H groups in total. The lowest BCUT2D eigenvalue weighted by atomic mass is 10.2. The molecule has 1 atom stereocenters. The van der Waals surface area contributed by atoms with E-state index < -0.39 is 21.0 Å². The van der Waals surface area contributed by atoms with Crippen molar-refractivity contribution in [1.29, 1.82) is 0 Å². The van der Waals surface area contributed by atoms with Gasteiger partial charge < -0.3 is 10.1 Å². The molecule has 0 fully saturated rings. The third-order valence-corrected chi connectivity index (χ3v) is 4.88. The van der Waals surface area contributed by atoms with Crippen LogP contribution in [0.5, 0.6) is 11.5 Å². The predicted molar refractivity (Wildman–Crippen MR) is 89.1 cm³/mol. The van der Waals surface area contributed by atoms with Crippen LogP contribution in [0, 0.1) is 0 Å². The summed E-state index contributed by atoms with van der Waals surface area (Å²) in [7, 11) is -3.38. The summed E-state index contributed by atoms with van der Waals surface area (Å²) >= 11 is 0. The molecule has 0 aromatic heterocycles. The van der Waals surface area contributed by atoms with Crippen LogP contribution in [0.2, 0.25) is 0 Å². The number of ether oxygens (including phenoxy) is 1. The topological polar surface area (TPSA) is 72.5 Å². The summed E-state index contributed by atoms with van der Waals surface area (Å²) in [5.74, 6) is 0.934. The second kappa shape index (κ2) is 7.28. The molecule has 2 rings (SSSR count). The Morgan fingerprint density at radius 3 is 2.17 bits per heavy atom. The van der Waals surface area contributed by atoms with Gasteiger partial charge in [0.25, 0.3) is 0 Å². The van der Waals surface area contributed by atoms with E-state index in [0.29, 0.717) is 5.75 Å². The Kier molecular flexibility index (Phi) is 5.39. The minimum atomic E-state index is -3.38. The average Bonchev–Trinajstić information content (AvgIpc) is 2.53. The van der Waals surface area contributed by atoms with E-state index in [0.717, 1.165) is 17.6 Å². The number of rotatable bonds is 6. The number of carbonyl (C=O) groups is 1. The Morgan fingerprint density at radius 1 is 1.04 bits per heavy atom. The van der Waals surface area contributed by atoms with Gasteiger partial charge in [-0.1, -0.05) is 30.3 Å². The van der Waals surface area contributed by atoms with Crippen molar-refractivity contribution in [1.82, 2.24) is 5.32 Å². The fraction of sp³-hybridized carbons (Fsp3) is 0.235. The van der Waals surface area contributed by atoms with Gasteiger partial charge in [-0.2, -0.15) is 0 Å². The van der Waals surface area contributed by atoms with Gasteiger partial charge in [0.05, 0.1) is 0 Å². The van der Waals surface area contributed by atoms with Crippen LogP contribution in [-0.4, -0.2) is 25.8 Å². The lowest BCUT2D eigenvalue weighted by molar-refractivity contribution is -0.120. The van der Waals surface area contributed by atoms with E-state index in [1.54, 1.807) is 12.1 Å². The van der Waals surface area contributed by atoms with Crippen molar-refractivity contribution in [2.24, 2.45) is 0 Å². The number of benzene rings is 2. The molecule has 0 aliphatic heterocycles. The second-order valence-electron chi connectivity index (χ2n) is 5.25. The van der Waals surface area contributed by atoms with Crippen LogP contribution in [0.4, 0.5) is 0 Å². The van der Waals surface area contributed by atoms with E-state index in [1.165, 1.54) is 6.92 Å². The second-order valence-corrected chi connectivity index (χ2v) is 7.61. The van der Waals surface area contributed by atoms with Gasteiger partial charge in [0.2, 0.25) is 5.91 Å². The van der Waals surface area contributed by atoms with Crippen LogP contribution in [0.3, 0.4) is 0 Å². The Bertz CT molecular complexity index is 755. The SMILES string of the molecule is C[C@@H](C(=O)NCc1ccc(Oc2ccccc2)cc1)S(C)(=O)=O. The highest BCUT2D eigenvalue weighted by Gasteiger charge is 2.22. The number of nitrogens with one attached hydrogen (secondary N) is 1. The fourth-order valence-corrected chi connectivity index (χ4v) is 2.30. The van der Waals surface area contributed by atoms with Gasteiger partial charge in [-0.05, 0) is 36.8 Å². The van der Waals surface area contributed by atoms with E-state index in [2.05, 4.69) is 5.32 Å². The van der Waals surface area contributed by atoms with Crippen molar-refractivity contribution < 1.29 is 17.9 Å². The summed E-state index contributed by atoms with van der Waals surface area (Å²) in [6, 6.07) is 16.7. The maximum absolute atomic E-state index is 11.8. The van der Waals surface area contributed by atoms with Crippen molar-refractivity contribution in [3.63, 3.8) is 0 Å². The first-order chi connectivity index (χ1) is 10.9. The molecule has 0 unspecified atom stereocenters. The van der Waals surface area contributed by atoms with Gasteiger partial charge in [-0.3, -0.25) is 4.79 Å². The number of hydrogen-bond acceptors (Lipinski definition) is 4. The van der Waals surface area contributed by atoms with Crippen LogP contribution < -0.4 is 10.1 Å². The lowest BCUT2D eigenvalue weighted by Crippen LogP contribution is -2.36. The maximum atomic E-state index is 11.8. The summed E-state index contributed by atoms with van der Waals surface area (Å²) in [6.45, 7) is 1.64. The minimum Gasteiger partial charge on any atom is -0.457 e. The van der Waals surface area contributed by atoms with E-state index in [4.69, 9.17) is 4.74 Å². The molecule has 1 amide bonds. The molecule has 6 heteroatoms. The summed E-state index contributed by atoms with van der Waals surface area (Å²) in [4.78, 5) is 11.8. The van der Waals surface area contributed by atoms with Crippen LogP contribution in [0.15, 0.2) is 54.6 Å². The normalized spacial score (nSPS) is 12.4. The number of amides is 1. The van der Waals surface area contributed by atoms with Gasteiger partial charge in [0, 0.05) is 12.8 Å². The first kappa shape index (κ1) is 17.0. The zero-order valence-electron chi connectivity index (χ0n) is 13.0. The van der Waals surface area contributed by atoms with Crippen molar-refractivity contribution in [2.75, 3.05) is 6.26 Å².